The van der Waals surface area contributed by atoms with Gasteiger partial charge in [-0.2, -0.15) is 0 Å². The van der Waals surface area contributed by atoms with Crippen molar-refractivity contribution in [2.45, 2.75) is 72.0 Å². The van der Waals surface area contributed by atoms with Crippen molar-refractivity contribution in [1.82, 2.24) is 9.88 Å². The highest BCUT2D eigenvalue weighted by Crippen LogP contribution is 2.14. The molecule has 0 aromatic carbocycles. The molecule has 1 amide bonds. The molecule has 1 N–H and O–H groups in total. The number of hydrogen-bond donors (Lipinski definition) is 1. The molecule has 0 radical (unpaired) electrons. The van der Waals surface area contributed by atoms with Crippen molar-refractivity contribution in [3.63, 3.8) is 0 Å². The lowest BCUT2D eigenvalue weighted by molar-refractivity contribution is 0.0216. The van der Waals surface area contributed by atoms with Crippen molar-refractivity contribution in [3.8, 4) is 0 Å². The summed E-state index contributed by atoms with van der Waals surface area (Å²) in [5, 5.41) is 8.78. The van der Waals surface area contributed by atoms with Crippen LogP contribution in [0.4, 0.5) is 4.79 Å². The maximum atomic E-state index is 11.5. The molecule has 1 saturated heterocycles. The molecular weight excluding hydrogens is 304 g/mol. The van der Waals surface area contributed by atoms with Gasteiger partial charge in [-0.1, -0.05) is 19.9 Å². The number of likely N-dealkylation sites (tertiary alicyclic amines) is 1. The molecule has 0 unspecified atom stereocenters. The first-order valence-electron chi connectivity index (χ1n) is 8.77. The van der Waals surface area contributed by atoms with Crippen LogP contribution in [0, 0.1) is 0 Å². The van der Waals surface area contributed by atoms with Crippen molar-refractivity contribution in [2.75, 3.05) is 13.1 Å². The number of carbonyl (C=O) groups is 1. The predicted molar refractivity (Wildman–Crippen MR) is 95.9 cm³/mol. The molecule has 1 aliphatic rings. The highest BCUT2D eigenvalue weighted by molar-refractivity contribution is 5.68. The number of piperidine rings is 1. The number of aliphatic hydroxyl groups is 1. The van der Waals surface area contributed by atoms with Crippen LogP contribution in [0.1, 0.15) is 71.2 Å². The van der Waals surface area contributed by atoms with Crippen molar-refractivity contribution < 1.29 is 14.6 Å². The van der Waals surface area contributed by atoms with Crippen molar-refractivity contribution in [3.05, 3.63) is 29.6 Å². The fourth-order valence-electron chi connectivity index (χ4n) is 2.31. The second kappa shape index (κ2) is 9.62. The largest absolute Gasteiger partial charge is 0.444 e. The molecule has 2 rings (SSSR count). The van der Waals surface area contributed by atoms with E-state index < -0.39 is 0 Å². The van der Waals surface area contributed by atoms with Crippen LogP contribution >= 0.6 is 0 Å². The molecule has 0 bridgehead atoms. The summed E-state index contributed by atoms with van der Waals surface area (Å²) in [6, 6.07) is 5.73. The summed E-state index contributed by atoms with van der Waals surface area (Å²) in [7, 11) is 0. The fourth-order valence-corrected chi connectivity index (χ4v) is 2.31. The standard InChI is InChI=1S/C10H19NO2.C9H13NO/c1-10(2,3)13-9(12)11-7-5-4-6-8-11;1-7(2)9-5-3-4-8(6-11)10-9/h4-8H2,1-3H3;3-5,7,11H,6H2,1-2H3. The second-order valence-corrected chi connectivity index (χ2v) is 7.39. The van der Waals surface area contributed by atoms with E-state index in [1.807, 2.05) is 39.0 Å². The van der Waals surface area contributed by atoms with E-state index in [9.17, 15) is 4.79 Å². The summed E-state index contributed by atoms with van der Waals surface area (Å²) < 4.78 is 5.26. The van der Waals surface area contributed by atoms with Crippen molar-refractivity contribution in [1.29, 1.82) is 0 Å². The van der Waals surface area contributed by atoms with E-state index in [0.717, 1.165) is 37.3 Å². The molecule has 136 valence electrons. The third-order valence-electron chi connectivity index (χ3n) is 3.59. The molecule has 0 spiro atoms. The van der Waals surface area contributed by atoms with Gasteiger partial charge in [0.25, 0.3) is 0 Å². The number of amides is 1. The van der Waals surface area contributed by atoms with Gasteiger partial charge >= 0.3 is 6.09 Å². The summed E-state index contributed by atoms with van der Waals surface area (Å²) in [5.41, 5.74) is 1.42. The van der Waals surface area contributed by atoms with Crippen LogP contribution in [0.15, 0.2) is 18.2 Å². The molecule has 1 aliphatic heterocycles. The highest BCUT2D eigenvalue weighted by Gasteiger charge is 2.22. The maximum absolute atomic E-state index is 11.5. The zero-order valence-electron chi connectivity index (χ0n) is 15.7. The van der Waals surface area contributed by atoms with Gasteiger partial charge in [0.1, 0.15) is 5.60 Å². The third-order valence-corrected chi connectivity index (χ3v) is 3.59. The Morgan fingerprint density at radius 1 is 1.25 bits per heavy atom. The molecular formula is C19H32N2O3. The van der Waals surface area contributed by atoms with Gasteiger partial charge in [-0.3, -0.25) is 4.98 Å². The molecule has 5 nitrogen and oxygen atoms in total. The minimum atomic E-state index is -0.367. The van der Waals surface area contributed by atoms with E-state index in [4.69, 9.17) is 9.84 Å². The zero-order chi connectivity index (χ0) is 18.2. The Morgan fingerprint density at radius 3 is 2.38 bits per heavy atom. The topological polar surface area (TPSA) is 62.7 Å². The Labute approximate surface area is 146 Å². The van der Waals surface area contributed by atoms with Crippen molar-refractivity contribution >= 4 is 6.09 Å². The zero-order valence-corrected chi connectivity index (χ0v) is 15.7. The Hall–Kier alpha value is -1.62. The van der Waals surface area contributed by atoms with Crippen LogP contribution in [0.2, 0.25) is 0 Å². The smallest absolute Gasteiger partial charge is 0.410 e. The molecule has 0 saturated carbocycles. The Balaban J connectivity index is 0.000000243. The number of aromatic nitrogens is 1. The van der Waals surface area contributed by atoms with Crippen LogP contribution in [0.5, 0.6) is 0 Å². The predicted octanol–water partition coefficient (Wildman–Crippen LogP) is 4.10. The van der Waals surface area contributed by atoms with E-state index in [0.29, 0.717) is 5.92 Å². The number of pyridine rings is 1. The molecule has 24 heavy (non-hydrogen) atoms. The number of carbonyl (C=O) groups excluding carboxylic acids is 1. The number of rotatable bonds is 2. The minimum Gasteiger partial charge on any atom is -0.444 e. The van der Waals surface area contributed by atoms with Crippen LogP contribution in [-0.4, -0.2) is 39.8 Å². The van der Waals surface area contributed by atoms with Crippen molar-refractivity contribution in [2.24, 2.45) is 0 Å². The normalized spacial score (nSPS) is 14.9. The average Bonchev–Trinajstić information content (AvgIpc) is 2.55. The van der Waals surface area contributed by atoms with Gasteiger partial charge in [-0.25, -0.2) is 4.79 Å². The average molecular weight is 336 g/mol. The highest BCUT2D eigenvalue weighted by atomic mass is 16.6. The lowest BCUT2D eigenvalue weighted by Crippen LogP contribution is -2.39. The first kappa shape index (κ1) is 20.4. The van der Waals surface area contributed by atoms with Crippen LogP contribution in [0.3, 0.4) is 0 Å². The quantitative estimate of drug-likeness (QED) is 0.883. The monoisotopic (exact) mass is 336 g/mol. The third kappa shape index (κ3) is 7.77. The van der Waals surface area contributed by atoms with Gasteiger partial charge in [0, 0.05) is 18.8 Å². The molecule has 1 aromatic heterocycles. The van der Waals surface area contributed by atoms with Crippen LogP contribution in [0.25, 0.3) is 0 Å². The Morgan fingerprint density at radius 2 is 1.88 bits per heavy atom. The number of ether oxygens (including phenoxy) is 1. The van der Waals surface area contributed by atoms with E-state index in [1.165, 1.54) is 6.42 Å². The van der Waals surface area contributed by atoms with E-state index in [1.54, 1.807) is 4.90 Å². The minimum absolute atomic E-state index is 0.0283. The van der Waals surface area contributed by atoms with Crippen LogP contribution in [-0.2, 0) is 11.3 Å². The van der Waals surface area contributed by atoms with E-state index >= 15 is 0 Å². The first-order valence-corrected chi connectivity index (χ1v) is 8.77. The SMILES string of the molecule is CC(C)(C)OC(=O)N1CCCCC1.CC(C)c1cccc(CO)n1. The molecule has 0 aliphatic carbocycles. The van der Waals surface area contributed by atoms with E-state index in [-0.39, 0.29) is 18.3 Å². The first-order chi connectivity index (χ1) is 11.2. The van der Waals surface area contributed by atoms with Gasteiger partial charge in [0.2, 0.25) is 0 Å². The van der Waals surface area contributed by atoms with Gasteiger partial charge in [0.05, 0.1) is 12.3 Å². The summed E-state index contributed by atoms with van der Waals surface area (Å²) >= 11 is 0. The Bertz CT molecular complexity index is 504. The lowest BCUT2D eigenvalue weighted by Gasteiger charge is -2.29. The molecule has 2 heterocycles. The second-order valence-electron chi connectivity index (χ2n) is 7.39. The van der Waals surface area contributed by atoms with Gasteiger partial charge in [-0.15, -0.1) is 0 Å². The van der Waals surface area contributed by atoms with Gasteiger partial charge < -0.3 is 14.7 Å². The van der Waals surface area contributed by atoms with Gasteiger partial charge in [-0.05, 0) is 58.1 Å². The summed E-state index contributed by atoms with van der Waals surface area (Å²) in [6.45, 7) is 11.6. The maximum Gasteiger partial charge on any atom is 0.410 e. The van der Waals surface area contributed by atoms with E-state index in [2.05, 4.69) is 18.8 Å². The number of aliphatic hydroxyl groups excluding tert-OH is 1. The summed E-state index contributed by atoms with van der Waals surface area (Å²) in [5.74, 6) is 0.432. The number of nitrogens with zero attached hydrogens (tertiary/aromatic N) is 2. The molecule has 1 fully saturated rings. The molecule has 0 atom stereocenters. The summed E-state index contributed by atoms with van der Waals surface area (Å²) in [6.07, 6.45) is 3.30. The fraction of sp³-hybridized carbons (Fsp3) is 0.684. The van der Waals surface area contributed by atoms with Crippen LogP contribution < -0.4 is 0 Å². The lowest BCUT2D eigenvalue weighted by atomic mass is 10.1. The molecule has 5 heteroatoms. The Kier molecular flexibility index (Phi) is 8.19. The molecule has 1 aromatic rings. The number of hydrogen-bond acceptors (Lipinski definition) is 4. The van der Waals surface area contributed by atoms with Gasteiger partial charge in [0.15, 0.2) is 0 Å². The summed E-state index contributed by atoms with van der Waals surface area (Å²) in [4.78, 5) is 17.6.